The molecule has 17 rings (SSSR count). The summed E-state index contributed by atoms with van der Waals surface area (Å²) in [5.41, 5.74) is 3.48. The van der Waals surface area contributed by atoms with Crippen molar-refractivity contribution < 1.29 is 57.2 Å². The second-order valence-electron chi connectivity index (χ2n) is 28.4. The van der Waals surface area contributed by atoms with Gasteiger partial charge in [-0.3, -0.25) is 0 Å². The van der Waals surface area contributed by atoms with Crippen molar-refractivity contribution >= 4 is 35.8 Å². The van der Waals surface area contributed by atoms with Crippen LogP contribution in [0.15, 0.2) is 109 Å². The van der Waals surface area contributed by atoms with Gasteiger partial charge in [0.2, 0.25) is 0 Å². The van der Waals surface area contributed by atoms with Crippen molar-refractivity contribution in [3.05, 3.63) is 209 Å². The van der Waals surface area contributed by atoms with E-state index in [9.17, 15) is 28.8 Å². The molecule has 20 bridgehead atoms. The first-order valence-corrected chi connectivity index (χ1v) is 33.9. The molecule has 8 fully saturated rings. The number of methoxy groups -OCH3 is 6. The summed E-state index contributed by atoms with van der Waals surface area (Å²) in [6.45, 7) is 0. The lowest BCUT2D eigenvalue weighted by Gasteiger charge is -2.62. The Labute approximate surface area is 605 Å². The standard InChI is InChI=1S/C92H62O12/c1-99-81(93)75-37-61-13-7-8-14-62-32-68(44-76(38-62)82(94)100-2)22-28-90-52-74-53-91(58-90)29-23-71-35-65(41-79(47-71)85(97)103-5)17-11-9-15-63-33-69(45-77(39-63)83(95)101-3)20-26-88-50-73-49-87(55-88,25-19-67(31-61)43-75)56-89(51-73,57-88)27-21-70-34-64(40-78(46-70)84(96)102-4)16-10-12-18-66-36-72(48-80(42-66)86(98)104-6)24-30-92(54-74,59-90)60-91/h31-48,73-74H,49-60H2,1-6H3. The normalized spacial score (nSPS) is 24.1. The Bertz CT molecular complexity index is 4780. The number of fused-ring (bicyclic) bond motifs is 3. The number of carbonyl (C=O) groups is 6. The quantitative estimate of drug-likeness (QED) is 0.0884. The number of carbonyl (C=O) groups excluding carboxylic acids is 6. The first kappa shape index (κ1) is 68.0. The summed E-state index contributed by atoms with van der Waals surface area (Å²) in [7, 11) is 7.88. The van der Waals surface area contributed by atoms with E-state index >= 15 is 0 Å². The minimum Gasteiger partial charge on any atom is -0.465 e. The molecule has 6 spiro atoms. The highest BCUT2D eigenvalue weighted by Crippen LogP contribution is 2.71. The number of esters is 6. The van der Waals surface area contributed by atoms with Gasteiger partial charge in [0.15, 0.2) is 0 Å². The second kappa shape index (κ2) is 27.4. The fourth-order valence-corrected chi connectivity index (χ4v) is 17.6. The summed E-state index contributed by atoms with van der Waals surface area (Å²) >= 11 is 0. The van der Waals surface area contributed by atoms with Crippen LogP contribution in [0.3, 0.4) is 0 Å². The Morgan fingerprint density at radius 1 is 0.231 bits per heavy atom. The molecule has 8 saturated carbocycles. The van der Waals surface area contributed by atoms with E-state index in [1.54, 1.807) is 72.8 Å². The molecule has 0 N–H and O–H groups in total. The van der Waals surface area contributed by atoms with Crippen LogP contribution in [-0.2, 0) is 28.4 Å². The molecule has 6 aromatic carbocycles. The molecule has 0 saturated heterocycles. The van der Waals surface area contributed by atoms with Crippen LogP contribution in [0.1, 0.15) is 206 Å². The van der Waals surface area contributed by atoms with Gasteiger partial charge < -0.3 is 28.4 Å². The van der Waals surface area contributed by atoms with Crippen molar-refractivity contribution in [1.29, 1.82) is 0 Å². The number of hydrogen-bond donors (Lipinski definition) is 0. The van der Waals surface area contributed by atoms with E-state index in [1.807, 2.05) is 36.4 Å². The third-order valence-corrected chi connectivity index (χ3v) is 20.5. The maximum Gasteiger partial charge on any atom is 0.337 e. The average molecular weight is 1360 g/mol. The van der Waals surface area contributed by atoms with E-state index in [0.717, 1.165) is 38.5 Å². The molecule has 0 aromatic heterocycles. The van der Waals surface area contributed by atoms with Gasteiger partial charge in [0, 0.05) is 99.3 Å². The van der Waals surface area contributed by atoms with Crippen LogP contribution in [-0.4, -0.2) is 78.5 Å². The number of benzene rings is 6. The molecule has 12 heteroatoms. The average Bonchev–Trinajstić information content (AvgIpc) is 0.709. The van der Waals surface area contributed by atoms with Crippen LogP contribution >= 0.6 is 0 Å². The van der Waals surface area contributed by atoms with Crippen LogP contribution in [0.4, 0.5) is 0 Å². The van der Waals surface area contributed by atoms with Gasteiger partial charge in [0.1, 0.15) is 0 Å². The zero-order chi connectivity index (χ0) is 72.4. The number of ether oxygens (including phenoxy) is 6. The third kappa shape index (κ3) is 14.5. The van der Waals surface area contributed by atoms with Gasteiger partial charge in [-0.05, 0) is 234 Å². The third-order valence-electron chi connectivity index (χ3n) is 20.5. The zero-order valence-electron chi connectivity index (χ0n) is 57.9. The van der Waals surface area contributed by atoms with Crippen molar-refractivity contribution in [2.45, 2.75) is 77.0 Å². The predicted octanol–water partition coefficient (Wildman–Crippen LogP) is 12.1. The van der Waals surface area contributed by atoms with Gasteiger partial charge in [-0.1, -0.05) is 107 Å². The van der Waals surface area contributed by atoms with Crippen LogP contribution < -0.4 is 0 Å². The molecule has 502 valence electrons. The van der Waals surface area contributed by atoms with Gasteiger partial charge in [0.05, 0.1) is 76.0 Å². The van der Waals surface area contributed by atoms with E-state index in [0.29, 0.717) is 105 Å². The molecule has 104 heavy (non-hydrogen) atoms. The Hall–Kier alpha value is -13.1. The van der Waals surface area contributed by atoms with Crippen molar-refractivity contribution in [1.82, 2.24) is 0 Å². The fraction of sp³-hybridized carbons (Fsp3) is 0.283. The molecule has 0 radical (unpaired) electrons. The van der Waals surface area contributed by atoms with E-state index < -0.39 is 68.3 Å². The molecule has 0 heterocycles. The first-order chi connectivity index (χ1) is 50.2. The van der Waals surface area contributed by atoms with Crippen molar-refractivity contribution in [3.63, 3.8) is 0 Å². The van der Waals surface area contributed by atoms with E-state index in [1.165, 1.54) is 42.7 Å². The van der Waals surface area contributed by atoms with Crippen molar-refractivity contribution in [2.24, 2.45) is 44.3 Å². The minimum absolute atomic E-state index is 0.123. The second-order valence-corrected chi connectivity index (χ2v) is 28.4. The first-order valence-electron chi connectivity index (χ1n) is 33.9. The van der Waals surface area contributed by atoms with Gasteiger partial charge >= 0.3 is 35.8 Å². The van der Waals surface area contributed by atoms with E-state index in [4.69, 9.17) is 28.4 Å². The van der Waals surface area contributed by atoms with E-state index in [2.05, 4.69) is 142 Å². The number of rotatable bonds is 6. The Balaban J connectivity index is 1.02. The molecule has 12 nitrogen and oxygen atoms in total. The SMILES string of the molecule is COC(=O)c1cc2cc(c1)C#CC13CC4CC5(C#Cc6cc(cc(C(=O)OC)c6)C#CC#Cc6cc(cc(C(=O)OC)c6)C#CC67CC8CC(C#Cc9cc(cc(C(=O)OC)c9)C#CC#C2)(C6)CC(C#Cc2cc(cc(C(=O)OC)c2)C#CC#Cc2cc(cc(C(=O)OC)c2)C#CC(C4)(C1)C5)(C8)C7)C3. The summed E-state index contributed by atoms with van der Waals surface area (Å²) in [6.07, 6.45) is 7.97. The number of hydrogen-bond acceptors (Lipinski definition) is 12. The summed E-state index contributed by atoms with van der Waals surface area (Å²) in [5, 5.41) is 0. The van der Waals surface area contributed by atoms with Gasteiger partial charge in [-0.25, -0.2) is 28.8 Å². The van der Waals surface area contributed by atoms with E-state index in [-0.39, 0.29) is 45.2 Å². The Kier molecular flexibility index (Phi) is 17.9. The molecule has 11 aliphatic carbocycles. The van der Waals surface area contributed by atoms with Crippen molar-refractivity contribution in [2.75, 3.05) is 42.7 Å². The maximum absolute atomic E-state index is 13.4. The summed E-state index contributed by atoms with van der Waals surface area (Å²) in [5.74, 6) is 76.9. The smallest absolute Gasteiger partial charge is 0.337 e. The van der Waals surface area contributed by atoms with Gasteiger partial charge in [-0.15, -0.1) is 0 Å². The lowest BCUT2D eigenvalue weighted by molar-refractivity contribution is -0.0839. The molecule has 0 aliphatic heterocycles. The van der Waals surface area contributed by atoms with Crippen LogP contribution in [0.2, 0.25) is 0 Å². The predicted molar refractivity (Wildman–Crippen MR) is 386 cm³/mol. The molecular formula is C92H62O12. The molecule has 6 aromatic rings. The zero-order valence-corrected chi connectivity index (χ0v) is 57.9. The van der Waals surface area contributed by atoms with Crippen LogP contribution in [0, 0.1) is 186 Å². The van der Waals surface area contributed by atoms with Crippen LogP contribution in [0.5, 0.6) is 0 Å². The summed E-state index contributed by atoms with van der Waals surface area (Å²) in [6, 6.07) is 30.8. The highest BCUT2D eigenvalue weighted by molar-refractivity contribution is 5.94. The fourth-order valence-electron chi connectivity index (χ4n) is 17.6. The monoisotopic (exact) mass is 1360 g/mol. The highest BCUT2D eigenvalue weighted by Gasteiger charge is 2.64. The Morgan fingerprint density at radius 3 is 0.500 bits per heavy atom. The van der Waals surface area contributed by atoms with Gasteiger partial charge in [0.25, 0.3) is 0 Å². The highest BCUT2D eigenvalue weighted by atomic mass is 16.5. The summed E-state index contributed by atoms with van der Waals surface area (Å²) in [4.78, 5) is 80.6. The summed E-state index contributed by atoms with van der Waals surface area (Å²) < 4.78 is 31.5. The molecule has 0 unspecified atom stereocenters. The van der Waals surface area contributed by atoms with Gasteiger partial charge in [-0.2, -0.15) is 0 Å². The van der Waals surface area contributed by atoms with Crippen LogP contribution in [0.25, 0.3) is 0 Å². The molecular weight excluding hydrogens is 1300 g/mol. The largest absolute Gasteiger partial charge is 0.465 e. The maximum atomic E-state index is 13.4. The molecule has 0 amide bonds. The minimum atomic E-state index is -0.642. The lowest BCUT2D eigenvalue weighted by atomic mass is 9.40. The molecule has 0 atom stereocenters. The Morgan fingerprint density at radius 2 is 0.365 bits per heavy atom. The lowest BCUT2D eigenvalue weighted by Crippen LogP contribution is -2.55. The molecule has 11 aliphatic rings. The van der Waals surface area contributed by atoms with Crippen molar-refractivity contribution in [3.8, 4) is 142 Å². The topological polar surface area (TPSA) is 158 Å².